The first-order chi connectivity index (χ1) is 9.98. The van der Waals surface area contributed by atoms with E-state index in [4.69, 9.17) is 15.2 Å². The molecule has 1 aromatic rings. The number of aliphatic hydroxyl groups is 1. The Morgan fingerprint density at radius 3 is 3.00 bits per heavy atom. The van der Waals surface area contributed by atoms with Gasteiger partial charge in [-0.2, -0.15) is 0 Å². The Bertz CT molecular complexity index is 520. The fourth-order valence-corrected chi connectivity index (χ4v) is 2.37. The zero-order chi connectivity index (χ0) is 15.5. The number of hydrogen-bond acceptors (Lipinski definition) is 5. The van der Waals surface area contributed by atoms with Gasteiger partial charge in [0.25, 0.3) is 5.91 Å². The highest BCUT2D eigenvalue weighted by Crippen LogP contribution is 2.27. The van der Waals surface area contributed by atoms with Crippen LogP contribution in [0.1, 0.15) is 30.6 Å². The molecule has 0 bridgehead atoms. The molecular formula is C15H22N2O4. The number of carbonyl (C=O) groups excluding carboxylic acids is 1. The smallest absolute Gasteiger partial charge is 0.255 e. The number of carbonyl (C=O) groups is 1. The van der Waals surface area contributed by atoms with Crippen LogP contribution in [0.3, 0.4) is 0 Å². The number of hydrogen-bond donors (Lipinski definition) is 3. The summed E-state index contributed by atoms with van der Waals surface area (Å²) in [6.07, 6.45) is 0.203. The Morgan fingerprint density at radius 2 is 2.38 bits per heavy atom. The van der Waals surface area contributed by atoms with E-state index in [1.807, 2.05) is 6.92 Å². The van der Waals surface area contributed by atoms with E-state index in [1.54, 1.807) is 25.1 Å². The highest BCUT2D eigenvalue weighted by molar-refractivity contribution is 5.98. The van der Waals surface area contributed by atoms with Crippen molar-refractivity contribution >= 4 is 11.6 Å². The van der Waals surface area contributed by atoms with E-state index < -0.39 is 5.60 Å². The monoisotopic (exact) mass is 294 g/mol. The van der Waals surface area contributed by atoms with Crippen molar-refractivity contribution in [3.63, 3.8) is 0 Å². The van der Waals surface area contributed by atoms with E-state index in [-0.39, 0.29) is 18.6 Å². The number of anilines is 1. The van der Waals surface area contributed by atoms with Gasteiger partial charge in [-0.3, -0.25) is 4.79 Å². The van der Waals surface area contributed by atoms with Gasteiger partial charge in [0.2, 0.25) is 0 Å². The molecule has 1 saturated heterocycles. The topological polar surface area (TPSA) is 93.8 Å². The van der Waals surface area contributed by atoms with Crippen molar-refractivity contribution < 1.29 is 19.4 Å². The maximum atomic E-state index is 12.3. The van der Waals surface area contributed by atoms with Crippen molar-refractivity contribution in [1.29, 1.82) is 0 Å². The van der Waals surface area contributed by atoms with Gasteiger partial charge in [0, 0.05) is 19.6 Å². The van der Waals surface area contributed by atoms with Gasteiger partial charge in [-0.25, -0.2) is 0 Å². The maximum absolute atomic E-state index is 12.3. The van der Waals surface area contributed by atoms with Crippen molar-refractivity contribution in [3.8, 4) is 5.75 Å². The minimum atomic E-state index is -1.03. The van der Waals surface area contributed by atoms with Gasteiger partial charge in [-0.1, -0.05) is 6.07 Å². The Labute approximate surface area is 124 Å². The summed E-state index contributed by atoms with van der Waals surface area (Å²) in [7, 11) is 0. The Balaban J connectivity index is 2.09. The summed E-state index contributed by atoms with van der Waals surface area (Å²) in [5.41, 5.74) is 5.60. The second kappa shape index (κ2) is 6.32. The lowest BCUT2D eigenvalue weighted by molar-refractivity contribution is -0.0251. The van der Waals surface area contributed by atoms with E-state index in [0.29, 0.717) is 36.6 Å². The third-order valence-corrected chi connectivity index (χ3v) is 3.79. The van der Waals surface area contributed by atoms with Crippen molar-refractivity contribution in [2.45, 2.75) is 32.0 Å². The largest absolute Gasteiger partial charge is 0.491 e. The number of ether oxygens (including phenoxy) is 2. The highest BCUT2D eigenvalue weighted by atomic mass is 16.5. The van der Waals surface area contributed by atoms with Gasteiger partial charge >= 0.3 is 0 Å². The molecule has 0 spiro atoms. The fourth-order valence-electron chi connectivity index (χ4n) is 2.37. The van der Waals surface area contributed by atoms with Crippen LogP contribution >= 0.6 is 0 Å². The summed E-state index contributed by atoms with van der Waals surface area (Å²) in [5, 5.41) is 13.1. The van der Waals surface area contributed by atoms with Gasteiger partial charge in [0.1, 0.15) is 5.60 Å². The summed E-state index contributed by atoms with van der Waals surface area (Å²) < 4.78 is 10.8. The summed E-state index contributed by atoms with van der Waals surface area (Å²) in [6, 6.07) is 5.03. The van der Waals surface area contributed by atoms with Crippen LogP contribution in [0.25, 0.3) is 0 Å². The molecule has 1 amide bonds. The number of nitrogens with one attached hydrogen (secondary N) is 1. The molecule has 2 atom stereocenters. The van der Waals surface area contributed by atoms with E-state index in [9.17, 15) is 9.90 Å². The molecule has 1 aliphatic heterocycles. The molecule has 6 nitrogen and oxygen atoms in total. The Morgan fingerprint density at radius 1 is 1.62 bits per heavy atom. The summed E-state index contributed by atoms with van der Waals surface area (Å²) in [5.74, 6) is 0.0542. The maximum Gasteiger partial charge on any atom is 0.255 e. The van der Waals surface area contributed by atoms with Gasteiger partial charge in [0.15, 0.2) is 5.75 Å². The van der Waals surface area contributed by atoms with Crippen molar-refractivity contribution in [2.75, 3.05) is 25.5 Å². The minimum Gasteiger partial charge on any atom is -0.491 e. The van der Waals surface area contributed by atoms with E-state index in [2.05, 4.69) is 5.32 Å². The molecule has 0 saturated carbocycles. The molecule has 1 heterocycles. The SMILES string of the molecule is CCOc1c(N)cccc1C(=O)NCC1(O)CCOC1C. The third-order valence-electron chi connectivity index (χ3n) is 3.79. The van der Waals surface area contributed by atoms with E-state index >= 15 is 0 Å². The van der Waals surface area contributed by atoms with Crippen LogP contribution in [0.15, 0.2) is 18.2 Å². The summed E-state index contributed by atoms with van der Waals surface area (Å²) >= 11 is 0. The molecule has 0 aromatic heterocycles. The van der Waals surface area contributed by atoms with Gasteiger partial charge in [-0.15, -0.1) is 0 Å². The van der Waals surface area contributed by atoms with E-state index in [0.717, 1.165) is 0 Å². The van der Waals surface area contributed by atoms with Crippen LogP contribution in [0.5, 0.6) is 5.75 Å². The Hall–Kier alpha value is -1.79. The fraction of sp³-hybridized carbons (Fsp3) is 0.533. The van der Waals surface area contributed by atoms with Crippen molar-refractivity contribution in [2.24, 2.45) is 0 Å². The second-order valence-electron chi connectivity index (χ2n) is 5.21. The lowest BCUT2D eigenvalue weighted by Crippen LogP contribution is -2.47. The van der Waals surface area contributed by atoms with Gasteiger partial charge in [-0.05, 0) is 26.0 Å². The molecular weight excluding hydrogens is 272 g/mol. The van der Waals surface area contributed by atoms with Crippen LogP contribution < -0.4 is 15.8 Å². The molecule has 116 valence electrons. The summed E-state index contributed by atoms with van der Waals surface area (Å²) in [4.78, 5) is 12.3. The predicted molar refractivity (Wildman–Crippen MR) is 79.3 cm³/mol. The quantitative estimate of drug-likeness (QED) is 0.703. The number of para-hydroxylation sites is 1. The zero-order valence-corrected chi connectivity index (χ0v) is 12.4. The number of rotatable bonds is 5. The van der Waals surface area contributed by atoms with Crippen molar-refractivity contribution in [1.82, 2.24) is 5.32 Å². The molecule has 2 unspecified atom stereocenters. The van der Waals surface area contributed by atoms with Crippen LogP contribution in [0.2, 0.25) is 0 Å². The molecule has 0 radical (unpaired) electrons. The minimum absolute atomic E-state index is 0.132. The van der Waals surface area contributed by atoms with Crippen LogP contribution in [-0.4, -0.2) is 42.5 Å². The highest BCUT2D eigenvalue weighted by Gasteiger charge is 2.39. The first kappa shape index (κ1) is 15.6. The Kier molecular flexibility index (Phi) is 4.69. The molecule has 0 aliphatic carbocycles. The molecule has 2 rings (SSSR count). The second-order valence-corrected chi connectivity index (χ2v) is 5.21. The average molecular weight is 294 g/mol. The normalized spacial score (nSPS) is 24.8. The standard InChI is InChI=1S/C15H22N2O4/c1-3-20-13-11(5-4-6-12(13)16)14(18)17-9-15(19)7-8-21-10(15)2/h4-6,10,19H,3,7-9,16H2,1-2H3,(H,17,18). The van der Waals surface area contributed by atoms with Gasteiger partial charge < -0.3 is 25.6 Å². The first-order valence-corrected chi connectivity index (χ1v) is 7.11. The summed E-state index contributed by atoms with van der Waals surface area (Å²) in [6.45, 7) is 4.67. The van der Waals surface area contributed by atoms with Crippen LogP contribution in [0.4, 0.5) is 5.69 Å². The lowest BCUT2D eigenvalue weighted by Gasteiger charge is -2.26. The average Bonchev–Trinajstić information content (AvgIpc) is 2.79. The molecule has 6 heteroatoms. The number of nitrogen functional groups attached to an aromatic ring is 1. The van der Waals surface area contributed by atoms with E-state index in [1.165, 1.54) is 0 Å². The lowest BCUT2D eigenvalue weighted by atomic mass is 9.96. The van der Waals surface area contributed by atoms with Crippen molar-refractivity contribution in [3.05, 3.63) is 23.8 Å². The van der Waals surface area contributed by atoms with Gasteiger partial charge in [0.05, 0.1) is 24.0 Å². The molecule has 4 N–H and O–H groups in total. The number of amides is 1. The molecule has 1 fully saturated rings. The molecule has 1 aromatic carbocycles. The predicted octanol–water partition coefficient (Wildman–Crippen LogP) is 0.937. The van der Waals surface area contributed by atoms with Crippen LogP contribution in [0, 0.1) is 0 Å². The number of nitrogens with two attached hydrogens (primary N) is 1. The molecule has 1 aliphatic rings. The zero-order valence-electron chi connectivity index (χ0n) is 12.4. The number of benzene rings is 1. The third kappa shape index (κ3) is 3.28. The first-order valence-electron chi connectivity index (χ1n) is 7.11. The van der Waals surface area contributed by atoms with Crippen LogP contribution in [-0.2, 0) is 4.74 Å². The molecule has 21 heavy (non-hydrogen) atoms.